The van der Waals surface area contributed by atoms with E-state index in [1.807, 2.05) is 14.0 Å². The van der Waals surface area contributed by atoms with Crippen LogP contribution >= 0.6 is 0 Å². The van der Waals surface area contributed by atoms with Crippen LogP contribution in [-0.2, 0) is 7.05 Å². The van der Waals surface area contributed by atoms with Crippen LogP contribution in [0.1, 0.15) is 23.7 Å². The van der Waals surface area contributed by atoms with Crippen LogP contribution in [0, 0.1) is 5.82 Å². The van der Waals surface area contributed by atoms with Gasteiger partial charge in [0.1, 0.15) is 11.1 Å². The van der Waals surface area contributed by atoms with E-state index < -0.39 is 11.7 Å². The van der Waals surface area contributed by atoms with Gasteiger partial charge in [-0.15, -0.1) is 0 Å². The van der Waals surface area contributed by atoms with Gasteiger partial charge in [0.2, 0.25) is 11.8 Å². The Morgan fingerprint density at radius 3 is 2.97 bits per heavy atom. The van der Waals surface area contributed by atoms with Crippen LogP contribution in [0.15, 0.2) is 24.5 Å². The molecule has 1 amide bonds. The molecule has 2 N–H and O–H groups in total. The van der Waals surface area contributed by atoms with Crippen molar-refractivity contribution in [2.24, 2.45) is 7.05 Å². The Morgan fingerprint density at radius 2 is 2.23 bits per heavy atom. The first-order valence-electron chi connectivity index (χ1n) is 9.84. The summed E-state index contributed by atoms with van der Waals surface area (Å²) < 4.78 is 21.4. The Kier molecular flexibility index (Phi) is 5.49. The van der Waals surface area contributed by atoms with Gasteiger partial charge in [0.05, 0.1) is 6.61 Å². The maximum Gasteiger partial charge on any atom is 0.262 e. The standard InChI is InChI=1S/C20H24FN7O2/c1-4-30-19-15(9-23-20(25-19)28-6-5-13(11-28)22-2)18(29)24-14-7-12-10-27(3)26-17(12)16(21)8-14/h7-10,13,22H,4-6,11H2,1-3H3,(H,24,29)/t13-/m0/s1. The van der Waals surface area contributed by atoms with Gasteiger partial charge in [-0.3, -0.25) is 9.48 Å². The number of nitrogens with zero attached hydrogens (tertiary/aromatic N) is 5. The first-order valence-corrected chi connectivity index (χ1v) is 9.84. The number of amides is 1. The smallest absolute Gasteiger partial charge is 0.262 e. The van der Waals surface area contributed by atoms with Gasteiger partial charge in [-0.25, -0.2) is 9.37 Å². The Morgan fingerprint density at radius 1 is 1.40 bits per heavy atom. The van der Waals surface area contributed by atoms with Gasteiger partial charge in [0.25, 0.3) is 5.91 Å². The van der Waals surface area contributed by atoms with Gasteiger partial charge in [0.15, 0.2) is 5.82 Å². The molecule has 0 bridgehead atoms. The molecule has 0 saturated carbocycles. The molecule has 2 aromatic heterocycles. The number of nitrogens with one attached hydrogen (secondary N) is 2. The molecular formula is C20H24FN7O2. The first kappa shape index (κ1) is 20.0. The molecule has 1 atom stereocenters. The highest BCUT2D eigenvalue weighted by molar-refractivity contribution is 6.06. The fourth-order valence-corrected chi connectivity index (χ4v) is 3.57. The molecule has 1 aliphatic rings. The molecule has 0 spiro atoms. The monoisotopic (exact) mass is 413 g/mol. The molecule has 10 heteroatoms. The fourth-order valence-electron chi connectivity index (χ4n) is 3.57. The molecule has 1 aromatic carbocycles. The Labute approximate surface area is 173 Å². The number of aromatic nitrogens is 4. The minimum absolute atomic E-state index is 0.191. The average Bonchev–Trinajstić information content (AvgIpc) is 3.34. The highest BCUT2D eigenvalue weighted by atomic mass is 19.1. The van der Waals surface area contributed by atoms with Crippen molar-refractivity contribution in [2.75, 3.05) is 37.0 Å². The van der Waals surface area contributed by atoms with Crippen LogP contribution < -0.4 is 20.3 Å². The van der Waals surface area contributed by atoms with E-state index in [-0.39, 0.29) is 17.0 Å². The number of aryl methyl sites for hydroxylation is 1. The summed E-state index contributed by atoms with van der Waals surface area (Å²) in [5.74, 6) is -0.248. The molecule has 0 unspecified atom stereocenters. The SMILES string of the molecule is CCOc1nc(N2CC[C@H](NC)C2)ncc1C(=O)Nc1cc(F)c2nn(C)cc2c1. The predicted octanol–water partition coefficient (Wildman–Crippen LogP) is 1.95. The van der Waals surface area contributed by atoms with Crippen LogP contribution in [0.4, 0.5) is 16.0 Å². The molecule has 3 heterocycles. The quantitative estimate of drug-likeness (QED) is 0.638. The summed E-state index contributed by atoms with van der Waals surface area (Å²) in [6.45, 7) is 3.79. The molecule has 4 rings (SSSR count). The van der Waals surface area contributed by atoms with Crippen molar-refractivity contribution in [2.45, 2.75) is 19.4 Å². The summed E-state index contributed by atoms with van der Waals surface area (Å²) in [6, 6.07) is 3.29. The summed E-state index contributed by atoms with van der Waals surface area (Å²) in [5.41, 5.74) is 0.765. The fraction of sp³-hybridized carbons (Fsp3) is 0.400. The number of halogens is 1. The van der Waals surface area contributed by atoms with Gasteiger partial charge < -0.3 is 20.3 Å². The molecule has 9 nitrogen and oxygen atoms in total. The molecule has 1 fully saturated rings. The Bertz CT molecular complexity index is 1080. The van der Waals surface area contributed by atoms with Gasteiger partial charge in [-0.2, -0.15) is 10.1 Å². The lowest BCUT2D eigenvalue weighted by Gasteiger charge is -2.18. The van der Waals surface area contributed by atoms with E-state index in [1.165, 1.54) is 16.9 Å². The van der Waals surface area contributed by atoms with Gasteiger partial charge in [-0.1, -0.05) is 0 Å². The molecule has 0 radical (unpaired) electrons. The number of ether oxygens (including phenoxy) is 1. The topological polar surface area (TPSA) is 97.2 Å². The molecule has 1 saturated heterocycles. The zero-order valence-electron chi connectivity index (χ0n) is 17.1. The number of carbonyl (C=O) groups is 1. The van der Waals surface area contributed by atoms with E-state index in [9.17, 15) is 9.18 Å². The number of fused-ring (bicyclic) bond motifs is 1. The van der Waals surface area contributed by atoms with Crippen molar-refractivity contribution in [3.05, 3.63) is 35.9 Å². The van der Waals surface area contributed by atoms with Crippen molar-refractivity contribution >= 4 is 28.4 Å². The van der Waals surface area contributed by atoms with Crippen LogP contribution in [0.3, 0.4) is 0 Å². The second-order valence-electron chi connectivity index (χ2n) is 7.19. The van der Waals surface area contributed by atoms with E-state index in [2.05, 4.69) is 30.6 Å². The molecule has 1 aliphatic heterocycles. The van der Waals surface area contributed by atoms with Crippen LogP contribution in [-0.4, -0.2) is 58.4 Å². The van der Waals surface area contributed by atoms with E-state index in [0.29, 0.717) is 29.7 Å². The van der Waals surface area contributed by atoms with Gasteiger partial charge in [-0.05, 0) is 32.5 Å². The lowest BCUT2D eigenvalue weighted by atomic mass is 10.2. The molecule has 0 aliphatic carbocycles. The van der Waals surface area contributed by atoms with Crippen molar-refractivity contribution < 1.29 is 13.9 Å². The Hall–Kier alpha value is -3.27. The van der Waals surface area contributed by atoms with E-state index >= 15 is 0 Å². The van der Waals surface area contributed by atoms with E-state index in [0.717, 1.165) is 19.5 Å². The number of rotatable bonds is 6. The second kappa shape index (κ2) is 8.23. The van der Waals surface area contributed by atoms with Crippen molar-refractivity contribution in [3.8, 4) is 5.88 Å². The average molecular weight is 413 g/mol. The maximum atomic E-state index is 14.3. The summed E-state index contributed by atoms with van der Waals surface area (Å²) in [7, 11) is 3.64. The van der Waals surface area contributed by atoms with Crippen LogP contribution in [0.25, 0.3) is 10.9 Å². The van der Waals surface area contributed by atoms with Crippen molar-refractivity contribution in [1.29, 1.82) is 0 Å². The molecular weight excluding hydrogens is 389 g/mol. The number of carbonyl (C=O) groups excluding carboxylic acids is 1. The summed E-state index contributed by atoms with van der Waals surface area (Å²) in [4.78, 5) is 23.7. The van der Waals surface area contributed by atoms with Gasteiger partial charge >= 0.3 is 0 Å². The molecule has 158 valence electrons. The largest absolute Gasteiger partial charge is 0.477 e. The number of hydrogen-bond acceptors (Lipinski definition) is 7. The minimum Gasteiger partial charge on any atom is -0.477 e. The minimum atomic E-state index is -0.506. The third-order valence-corrected chi connectivity index (χ3v) is 5.08. The van der Waals surface area contributed by atoms with Gasteiger partial charge in [0, 0.05) is 49.6 Å². The molecule has 30 heavy (non-hydrogen) atoms. The third kappa shape index (κ3) is 3.90. The van der Waals surface area contributed by atoms with Crippen molar-refractivity contribution in [1.82, 2.24) is 25.1 Å². The highest BCUT2D eigenvalue weighted by Crippen LogP contribution is 2.25. The lowest BCUT2D eigenvalue weighted by Crippen LogP contribution is -2.30. The third-order valence-electron chi connectivity index (χ3n) is 5.08. The Balaban J connectivity index is 1.58. The van der Waals surface area contributed by atoms with Crippen LogP contribution in [0.5, 0.6) is 5.88 Å². The summed E-state index contributed by atoms with van der Waals surface area (Å²) in [6.07, 6.45) is 4.13. The van der Waals surface area contributed by atoms with E-state index in [1.54, 1.807) is 19.3 Å². The maximum absolute atomic E-state index is 14.3. The van der Waals surface area contributed by atoms with Crippen LogP contribution in [0.2, 0.25) is 0 Å². The predicted molar refractivity (Wildman–Crippen MR) is 112 cm³/mol. The first-order chi connectivity index (χ1) is 14.5. The summed E-state index contributed by atoms with van der Waals surface area (Å²) >= 11 is 0. The molecule has 3 aromatic rings. The van der Waals surface area contributed by atoms with E-state index in [4.69, 9.17) is 4.74 Å². The highest BCUT2D eigenvalue weighted by Gasteiger charge is 2.25. The lowest BCUT2D eigenvalue weighted by molar-refractivity contribution is 0.102. The number of likely N-dealkylation sites (N-methyl/N-ethyl adjacent to an activating group) is 1. The number of hydrogen-bond donors (Lipinski definition) is 2. The summed E-state index contributed by atoms with van der Waals surface area (Å²) in [5, 5.41) is 10.6. The zero-order chi connectivity index (χ0) is 21.3. The van der Waals surface area contributed by atoms with Crippen molar-refractivity contribution in [3.63, 3.8) is 0 Å². The number of anilines is 2. The second-order valence-corrected chi connectivity index (χ2v) is 7.19. The number of benzene rings is 1. The zero-order valence-corrected chi connectivity index (χ0v) is 17.1. The normalized spacial score (nSPS) is 16.3.